The molecule has 0 aliphatic carbocycles. The molecule has 14 heavy (non-hydrogen) atoms. The molecule has 1 aromatic carbocycles. The van der Waals surface area contributed by atoms with Crippen molar-refractivity contribution >= 4 is 15.9 Å². The summed E-state index contributed by atoms with van der Waals surface area (Å²) in [6.45, 7) is 5.10. The van der Waals surface area contributed by atoms with Gasteiger partial charge in [-0.25, -0.2) is 4.39 Å². The van der Waals surface area contributed by atoms with Gasteiger partial charge in [-0.05, 0) is 38.6 Å². The maximum Gasteiger partial charge on any atom is 0.124 e. The molecule has 0 saturated carbocycles. The summed E-state index contributed by atoms with van der Waals surface area (Å²) in [6.07, 6.45) is 0. The lowest BCUT2D eigenvalue weighted by atomic mass is 10.2. The molecule has 0 heterocycles. The van der Waals surface area contributed by atoms with Gasteiger partial charge in [0.1, 0.15) is 5.82 Å². The molecule has 0 saturated heterocycles. The van der Waals surface area contributed by atoms with Gasteiger partial charge in [0, 0.05) is 17.1 Å². The highest BCUT2D eigenvalue weighted by molar-refractivity contribution is 9.10. The maximum atomic E-state index is 12.8. The predicted molar refractivity (Wildman–Crippen MR) is 60.7 cm³/mol. The Hall–Kier alpha value is -0.410. The molecule has 1 rings (SSSR count). The van der Waals surface area contributed by atoms with Crippen LogP contribution in [0.4, 0.5) is 4.39 Å². The first-order valence-electron chi connectivity index (χ1n) is 4.65. The van der Waals surface area contributed by atoms with Gasteiger partial charge < -0.3 is 0 Å². The average molecular weight is 260 g/mol. The van der Waals surface area contributed by atoms with E-state index in [1.54, 1.807) is 0 Å². The van der Waals surface area contributed by atoms with Gasteiger partial charge in [-0.15, -0.1) is 0 Å². The third-order valence-corrected chi connectivity index (χ3v) is 3.05. The molecule has 0 N–H and O–H groups in total. The molecule has 0 aliphatic rings. The second-order valence-corrected chi connectivity index (χ2v) is 4.60. The fourth-order valence-electron chi connectivity index (χ4n) is 1.10. The van der Waals surface area contributed by atoms with E-state index < -0.39 is 0 Å². The van der Waals surface area contributed by atoms with Crippen LogP contribution in [0, 0.1) is 5.82 Å². The van der Waals surface area contributed by atoms with Gasteiger partial charge in [0.05, 0.1) is 0 Å². The Balaban J connectivity index is 2.77. The lowest BCUT2D eigenvalue weighted by Crippen LogP contribution is -2.25. The third kappa shape index (κ3) is 3.07. The van der Waals surface area contributed by atoms with Gasteiger partial charge in [0.2, 0.25) is 0 Å². The normalized spacial score (nSPS) is 11.4. The van der Waals surface area contributed by atoms with Crippen molar-refractivity contribution in [2.45, 2.75) is 26.4 Å². The molecule has 0 aromatic heterocycles. The fraction of sp³-hybridized carbons (Fsp3) is 0.455. The second-order valence-electron chi connectivity index (χ2n) is 3.74. The fourth-order valence-corrected chi connectivity index (χ4v) is 1.58. The SMILES string of the molecule is CC(C)N(C)Cc1ccc(F)cc1Br. The minimum absolute atomic E-state index is 0.201. The van der Waals surface area contributed by atoms with Crippen LogP contribution in [0.5, 0.6) is 0 Å². The van der Waals surface area contributed by atoms with Crippen molar-refractivity contribution < 1.29 is 4.39 Å². The van der Waals surface area contributed by atoms with Gasteiger partial charge in [-0.1, -0.05) is 22.0 Å². The quantitative estimate of drug-likeness (QED) is 0.804. The molecule has 0 fully saturated rings. The summed E-state index contributed by atoms with van der Waals surface area (Å²) >= 11 is 3.36. The molecule has 78 valence electrons. The van der Waals surface area contributed by atoms with Crippen LogP contribution in [-0.2, 0) is 6.54 Å². The molecular formula is C11H15BrFN. The smallest absolute Gasteiger partial charge is 0.124 e. The first-order valence-corrected chi connectivity index (χ1v) is 5.44. The van der Waals surface area contributed by atoms with Crippen LogP contribution in [0.25, 0.3) is 0 Å². The largest absolute Gasteiger partial charge is 0.300 e. The molecule has 3 heteroatoms. The van der Waals surface area contributed by atoms with E-state index in [2.05, 4.69) is 41.7 Å². The van der Waals surface area contributed by atoms with Crippen molar-refractivity contribution in [2.75, 3.05) is 7.05 Å². The number of hydrogen-bond acceptors (Lipinski definition) is 1. The van der Waals surface area contributed by atoms with Crippen molar-refractivity contribution in [3.8, 4) is 0 Å². The lowest BCUT2D eigenvalue weighted by Gasteiger charge is -2.21. The van der Waals surface area contributed by atoms with Crippen LogP contribution in [0.1, 0.15) is 19.4 Å². The van der Waals surface area contributed by atoms with Crippen molar-refractivity contribution in [2.24, 2.45) is 0 Å². The van der Waals surface area contributed by atoms with Crippen molar-refractivity contribution in [1.29, 1.82) is 0 Å². The van der Waals surface area contributed by atoms with E-state index in [4.69, 9.17) is 0 Å². The monoisotopic (exact) mass is 259 g/mol. The van der Waals surface area contributed by atoms with E-state index in [0.717, 1.165) is 16.6 Å². The average Bonchev–Trinajstić information content (AvgIpc) is 2.09. The Morgan fingerprint density at radius 1 is 1.43 bits per heavy atom. The topological polar surface area (TPSA) is 3.24 Å². The standard InChI is InChI=1S/C11H15BrFN/c1-8(2)14(3)7-9-4-5-10(13)6-11(9)12/h4-6,8H,7H2,1-3H3. The number of benzene rings is 1. The van der Waals surface area contributed by atoms with Crippen LogP contribution in [-0.4, -0.2) is 18.0 Å². The van der Waals surface area contributed by atoms with E-state index in [-0.39, 0.29) is 5.82 Å². The molecule has 1 nitrogen and oxygen atoms in total. The van der Waals surface area contributed by atoms with Crippen LogP contribution in [0.2, 0.25) is 0 Å². The Labute approximate surface area is 93.0 Å². The summed E-state index contributed by atoms with van der Waals surface area (Å²) in [7, 11) is 2.06. The van der Waals surface area contributed by atoms with Gasteiger partial charge in [0.25, 0.3) is 0 Å². The Morgan fingerprint density at radius 2 is 2.07 bits per heavy atom. The highest BCUT2D eigenvalue weighted by atomic mass is 79.9. The summed E-state index contributed by atoms with van der Waals surface area (Å²) in [5.41, 5.74) is 1.11. The second kappa shape index (κ2) is 4.89. The molecule has 0 radical (unpaired) electrons. The molecule has 0 unspecified atom stereocenters. The summed E-state index contributed by atoms with van der Waals surface area (Å²) in [4.78, 5) is 2.21. The third-order valence-electron chi connectivity index (χ3n) is 2.32. The van der Waals surface area contributed by atoms with Crippen LogP contribution in [0.15, 0.2) is 22.7 Å². The van der Waals surface area contributed by atoms with Crippen LogP contribution < -0.4 is 0 Å². The van der Waals surface area contributed by atoms with Crippen LogP contribution >= 0.6 is 15.9 Å². The van der Waals surface area contributed by atoms with Gasteiger partial charge >= 0.3 is 0 Å². The van der Waals surface area contributed by atoms with Gasteiger partial charge in [0.15, 0.2) is 0 Å². The molecule has 0 aliphatic heterocycles. The van der Waals surface area contributed by atoms with Crippen molar-refractivity contribution in [1.82, 2.24) is 4.90 Å². The molecule has 0 spiro atoms. The van der Waals surface area contributed by atoms with E-state index in [9.17, 15) is 4.39 Å². The van der Waals surface area contributed by atoms with E-state index in [0.29, 0.717) is 6.04 Å². The Bertz CT molecular complexity index is 312. The highest BCUT2D eigenvalue weighted by Gasteiger charge is 2.07. The number of halogens is 2. The Kier molecular flexibility index (Phi) is 4.08. The molecule has 0 amide bonds. The van der Waals surface area contributed by atoms with E-state index in [1.807, 2.05) is 6.07 Å². The van der Waals surface area contributed by atoms with Gasteiger partial charge in [-0.3, -0.25) is 4.90 Å². The zero-order valence-corrected chi connectivity index (χ0v) is 10.3. The molecule has 0 atom stereocenters. The van der Waals surface area contributed by atoms with E-state index in [1.165, 1.54) is 12.1 Å². The lowest BCUT2D eigenvalue weighted by molar-refractivity contribution is 0.265. The van der Waals surface area contributed by atoms with Crippen molar-refractivity contribution in [3.63, 3.8) is 0 Å². The number of rotatable bonds is 3. The summed E-state index contributed by atoms with van der Waals surface area (Å²) in [5.74, 6) is -0.201. The molecule has 1 aromatic rings. The first-order chi connectivity index (χ1) is 6.50. The maximum absolute atomic E-state index is 12.8. The number of nitrogens with zero attached hydrogens (tertiary/aromatic N) is 1. The molecular weight excluding hydrogens is 245 g/mol. The minimum atomic E-state index is -0.201. The Morgan fingerprint density at radius 3 is 2.57 bits per heavy atom. The predicted octanol–water partition coefficient (Wildman–Crippen LogP) is 3.43. The van der Waals surface area contributed by atoms with Crippen molar-refractivity contribution in [3.05, 3.63) is 34.1 Å². The van der Waals surface area contributed by atoms with Crippen LogP contribution in [0.3, 0.4) is 0 Å². The zero-order valence-electron chi connectivity index (χ0n) is 8.72. The minimum Gasteiger partial charge on any atom is -0.300 e. The molecule has 0 bridgehead atoms. The van der Waals surface area contributed by atoms with Gasteiger partial charge in [-0.2, -0.15) is 0 Å². The highest BCUT2D eigenvalue weighted by Crippen LogP contribution is 2.19. The summed E-state index contributed by atoms with van der Waals surface area (Å²) in [6, 6.07) is 5.31. The number of hydrogen-bond donors (Lipinski definition) is 0. The first kappa shape index (κ1) is 11.7. The zero-order chi connectivity index (χ0) is 10.7. The van der Waals surface area contributed by atoms with E-state index >= 15 is 0 Å². The summed E-state index contributed by atoms with van der Waals surface area (Å²) < 4.78 is 13.6. The summed E-state index contributed by atoms with van der Waals surface area (Å²) in [5, 5.41) is 0.